The Morgan fingerprint density at radius 3 is 1.50 bits per heavy atom. The van der Waals surface area contributed by atoms with E-state index in [0.29, 0.717) is 10.3 Å². The Morgan fingerprint density at radius 2 is 1.14 bits per heavy atom. The molecule has 0 saturated heterocycles. The molecule has 3 aromatic heterocycles. The zero-order chi connectivity index (χ0) is 33.6. The van der Waals surface area contributed by atoms with Gasteiger partial charge < -0.3 is 0 Å². The summed E-state index contributed by atoms with van der Waals surface area (Å²) in [6, 6.07) is 10.4. The number of aryl methyl sites for hydroxylation is 1. The number of halogens is 2. The van der Waals surface area contributed by atoms with Crippen LogP contribution in [0.3, 0.4) is 0 Å². The van der Waals surface area contributed by atoms with Gasteiger partial charge in [0.05, 0.1) is 45.4 Å². The maximum Gasteiger partial charge on any atom is 0.214 e. The zero-order valence-corrected chi connectivity index (χ0v) is 28.7. The molecule has 0 N–H and O–H groups in total. The molecule has 0 aliphatic carbocycles. The Bertz CT molecular complexity index is 1810. The van der Waals surface area contributed by atoms with Crippen molar-refractivity contribution in [3.8, 4) is 18.6 Å². The third-order valence-electron chi connectivity index (χ3n) is 5.84. The minimum absolute atomic E-state index is 0.213. The first-order valence-corrected chi connectivity index (χ1v) is 19.2. The summed E-state index contributed by atoms with van der Waals surface area (Å²) in [5, 5.41) is 25.3. The molecule has 0 aromatic carbocycles. The average molecular weight is 697 g/mol. The van der Waals surface area contributed by atoms with Gasteiger partial charge in [0.15, 0.2) is 0 Å². The Hall–Kier alpha value is -3.65. The number of rotatable bonds is 6. The van der Waals surface area contributed by atoms with E-state index < -0.39 is 29.2 Å². The van der Waals surface area contributed by atoms with Crippen LogP contribution in [0.5, 0.6) is 0 Å². The highest BCUT2D eigenvalue weighted by molar-refractivity contribution is 7.93. The second-order valence-corrected chi connectivity index (χ2v) is 17.7. The summed E-state index contributed by atoms with van der Waals surface area (Å²) in [5.41, 5.74) is 3.25. The van der Waals surface area contributed by atoms with Crippen LogP contribution in [-0.4, -0.2) is 46.3 Å². The van der Waals surface area contributed by atoms with Crippen LogP contribution in [0.1, 0.15) is 46.7 Å². The highest BCUT2D eigenvalue weighted by Crippen LogP contribution is 2.23. The molecule has 5 unspecified atom stereocenters. The van der Waals surface area contributed by atoms with Gasteiger partial charge in [0.1, 0.15) is 10.3 Å². The van der Waals surface area contributed by atoms with Gasteiger partial charge in [0.25, 0.3) is 0 Å². The standard InChI is InChI=1S/C10H13N3OS.C9H10ClN3OS.C8H8ClN3OS/c1-8-4-5-10(6-12-8)9(2)15(3,14)13-7-11;1-7(15(2,14)13-6-11)8-3-4-9(10)12-5-8;1-14(13,12-6-10)5-7-2-3-8(9)11-4-7/h4-6,9H,1-3H3;3-5,7H,1-2H3;2-4H,5H2,1H3. The van der Waals surface area contributed by atoms with Crippen molar-refractivity contribution in [3.05, 3.63) is 87.7 Å². The lowest BCUT2D eigenvalue weighted by Gasteiger charge is -2.12. The molecule has 0 amide bonds. The lowest BCUT2D eigenvalue weighted by atomic mass is 10.2. The van der Waals surface area contributed by atoms with Crippen LogP contribution in [-0.2, 0) is 34.9 Å². The first-order valence-electron chi connectivity index (χ1n) is 12.4. The number of nitriles is 3. The number of nitrogens with zero attached hydrogens (tertiary/aromatic N) is 9. The topological polar surface area (TPSA) is 198 Å². The van der Waals surface area contributed by atoms with Gasteiger partial charge in [-0.1, -0.05) is 41.4 Å². The molecule has 3 rings (SSSR count). The minimum atomic E-state index is -2.55. The molecule has 0 spiro atoms. The summed E-state index contributed by atoms with van der Waals surface area (Å²) in [6.45, 7) is 5.42. The maximum absolute atomic E-state index is 12.0. The molecule has 3 aromatic rings. The van der Waals surface area contributed by atoms with Crippen LogP contribution < -0.4 is 0 Å². The van der Waals surface area contributed by atoms with Crippen LogP contribution in [0, 0.1) is 41.3 Å². The molecule has 0 radical (unpaired) electrons. The highest BCUT2D eigenvalue weighted by Gasteiger charge is 2.17. The van der Waals surface area contributed by atoms with Crippen molar-refractivity contribution in [1.82, 2.24) is 15.0 Å². The average Bonchev–Trinajstić information content (AvgIpc) is 2.95. The smallest absolute Gasteiger partial charge is 0.214 e. The van der Waals surface area contributed by atoms with Gasteiger partial charge in [-0.2, -0.15) is 15.8 Å². The molecule has 0 bridgehead atoms. The van der Waals surface area contributed by atoms with E-state index in [2.05, 4.69) is 28.0 Å². The maximum atomic E-state index is 12.0. The van der Waals surface area contributed by atoms with E-state index in [-0.39, 0.29) is 16.3 Å². The molecular weight excluding hydrogens is 665 g/mol. The Morgan fingerprint density at radius 1 is 0.705 bits per heavy atom. The predicted molar refractivity (Wildman–Crippen MR) is 174 cm³/mol. The van der Waals surface area contributed by atoms with Gasteiger partial charge in [0, 0.05) is 43.1 Å². The SMILES string of the molecule is CC(c1ccc(Cl)nc1)S(C)(=O)=NC#N.CS(=O)(Cc1ccc(Cl)nc1)=NC#N.Cc1ccc(C(C)S(C)(=O)=NC#N)cn1. The minimum Gasteiger partial charge on any atom is -0.261 e. The van der Waals surface area contributed by atoms with E-state index in [1.54, 1.807) is 69.1 Å². The van der Waals surface area contributed by atoms with Crippen LogP contribution in [0.25, 0.3) is 0 Å². The summed E-state index contributed by atoms with van der Waals surface area (Å²) in [7, 11) is -7.51. The number of pyridine rings is 3. The van der Waals surface area contributed by atoms with Crippen LogP contribution in [0.4, 0.5) is 0 Å². The predicted octanol–water partition coefficient (Wildman–Crippen LogP) is 6.22. The van der Waals surface area contributed by atoms with Crippen LogP contribution >= 0.6 is 23.2 Å². The lowest BCUT2D eigenvalue weighted by Crippen LogP contribution is -2.07. The van der Waals surface area contributed by atoms with Gasteiger partial charge in [-0.05, 0) is 55.7 Å². The highest BCUT2D eigenvalue weighted by atomic mass is 35.5. The molecule has 5 atom stereocenters. The second-order valence-electron chi connectivity index (χ2n) is 9.32. The Kier molecular flexibility index (Phi) is 15.3. The molecule has 0 aliphatic heterocycles. The summed E-state index contributed by atoms with van der Waals surface area (Å²) < 4.78 is 45.7. The first-order chi connectivity index (χ1) is 20.5. The van der Waals surface area contributed by atoms with Gasteiger partial charge in [0.2, 0.25) is 18.6 Å². The lowest BCUT2D eigenvalue weighted by molar-refractivity contribution is 0.672. The van der Waals surface area contributed by atoms with E-state index >= 15 is 0 Å². The van der Waals surface area contributed by atoms with Crippen molar-refractivity contribution >= 4 is 52.4 Å². The van der Waals surface area contributed by atoms with Crippen LogP contribution in [0.2, 0.25) is 10.3 Å². The second kappa shape index (κ2) is 17.6. The summed E-state index contributed by atoms with van der Waals surface area (Å²) >= 11 is 11.2. The molecule has 44 heavy (non-hydrogen) atoms. The van der Waals surface area contributed by atoms with Gasteiger partial charge in [-0.25, -0.2) is 22.6 Å². The Labute approximate surface area is 269 Å². The normalized spacial score (nSPS) is 15.5. The molecule has 234 valence electrons. The summed E-state index contributed by atoms with van der Waals surface area (Å²) in [4.78, 5) is 11.9. The largest absolute Gasteiger partial charge is 0.261 e. The monoisotopic (exact) mass is 695 g/mol. The molecule has 17 heteroatoms. The van der Waals surface area contributed by atoms with Crippen molar-refractivity contribution in [2.75, 3.05) is 18.8 Å². The van der Waals surface area contributed by atoms with E-state index in [1.807, 2.05) is 19.1 Å². The molecular formula is C27H31Cl2N9O3S3. The number of hydrogen-bond acceptors (Lipinski definition) is 12. The van der Waals surface area contributed by atoms with Crippen molar-refractivity contribution < 1.29 is 12.6 Å². The fourth-order valence-electron chi connectivity index (χ4n) is 3.09. The number of hydrogen-bond donors (Lipinski definition) is 0. The third kappa shape index (κ3) is 13.3. The van der Waals surface area contributed by atoms with Crippen LogP contribution in [0.15, 0.2) is 68.1 Å². The fourth-order valence-corrected chi connectivity index (χ4v) is 6.27. The zero-order valence-electron chi connectivity index (χ0n) is 24.8. The summed E-state index contributed by atoms with van der Waals surface area (Å²) in [6.07, 6.45) is 13.8. The van der Waals surface area contributed by atoms with Crippen molar-refractivity contribution in [1.29, 1.82) is 15.8 Å². The van der Waals surface area contributed by atoms with Gasteiger partial charge >= 0.3 is 0 Å². The molecule has 3 heterocycles. The number of aromatic nitrogens is 3. The van der Waals surface area contributed by atoms with E-state index in [0.717, 1.165) is 22.4 Å². The van der Waals surface area contributed by atoms with Crippen molar-refractivity contribution in [2.24, 2.45) is 13.1 Å². The van der Waals surface area contributed by atoms with E-state index in [4.69, 9.17) is 39.0 Å². The molecule has 0 fully saturated rings. The molecule has 0 aliphatic rings. The van der Waals surface area contributed by atoms with E-state index in [1.165, 1.54) is 25.0 Å². The molecule has 12 nitrogen and oxygen atoms in total. The van der Waals surface area contributed by atoms with Gasteiger partial charge in [-0.15, -0.1) is 13.1 Å². The quantitative estimate of drug-likeness (QED) is 0.212. The summed E-state index contributed by atoms with van der Waals surface area (Å²) in [5.74, 6) is 0.213. The van der Waals surface area contributed by atoms with Gasteiger partial charge in [-0.3, -0.25) is 4.98 Å². The van der Waals surface area contributed by atoms with Crippen molar-refractivity contribution in [2.45, 2.75) is 37.0 Å². The van der Waals surface area contributed by atoms with E-state index in [9.17, 15) is 12.6 Å². The third-order valence-corrected chi connectivity index (χ3v) is 11.7. The fraction of sp³-hybridized carbons (Fsp3) is 0.333. The van der Waals surface area contributed by atoms with Crippen molar-refractivity contribution in [3.63, 3.8) is 0 Å². The Balaban J connectivity index is 0.000000330. The first kappa shape index (κ1) is 38.4. The molecule has 0 saturated carbocycles.